The molecule has 2 N–H and O–H groups in total. The number of unbranched alkanes of at least 4 members (excludes halogenated alkanes) is 1. The summed E-state index contributed by atoms with van der Waals surface area (Å²) < 4.78 is 10.5. The number of ether oxygens (including phenoxy) is 2. The zero-order valence-corrected chi connectivity index (χ0v) is 29.7. The van der Waals surface area contributed by atoms with Crippen LogP contribution in [0.2, 0.25) is 0 Å². The van der Waals surface area contributed by atoms with Gasteiger partial charge < -0.3 is 24.5 Å². The summed E-state index contributed by atoms with van der Waals surface area (Å²) in [5, 5.41) is 29.1. The summed E-state index contributed by atoms with van der Waals surface area (Å²) in [6.45, 7) is 7.54. The molecule has 0 aromatic heterocycles. The predicted octanol–water partition coefficient (Wildman–Crippen LogP) is 5.59. The number of nitrogens with zero attached hydrogens (tertiary/aromatic N) is 1. The molecule has 0 amide bonds. The van der Waals surface area contributed by atoms with E-state index in [1.807, 2.05) is 13.0 Å². The molecule has 3 fully saturated rings. The van der Waals surface area contributed by atoms with Crippen molar-refractivity contribution in [1.82, 2.24) is 0 Å². The molecule has 4 aliphatic rings. The molecule has 8 unspecified atom stereocenters. The second-order valence-corrected chi connectivity index (χ2v) is 14.7. The van der Waals surface area contributed by atoms with E-state index in [1.165, 1.54) is 12.1 Å². The Bertz CT molecular complexity index is 1570. The molecular weight excluding hydrogens is 662 g/mol. The highest BCUT2D eigenvalue weighted by molar-refractivity contribution is 6.01. The quantitative estimate of drug-likeness (QED) is 0.111. The zero-order valence-electron chi connectivity index (χ0n) is 29.7. The summed E-state index contributed by atoms with van der Waals surface area (Å²) in [7, 11) is 0. The molecule has 3 saturated carbocycles. The van der Waals surface area contributed by atoms with Crippen molar-refractivity contribution >= 4 is 29.5 Å². The average Bonchev–Trinajstić information content (AvgIpc) is 3.34. The van der Waals surface area contributed by atoms with E-state index in [9.17, 15) is 39.2 Å². The van der Waals surface area contributed by atoms with Crippen molar-refractivity contribution in [3.63, 3.8) is 0 Å². The molecule has 278 valence electrons. The number of esters is 2. The SMILES string of the molecule is CC1CC2C3CCC4=CC(=O)C=CC4(C)C3C(O)CC2(C)C1C(=O)COC(=O)CCC(=O)Oc1cccc(CO[N+](=O)[O-])c1.CCCCC(=O)O. The average molecular weight is 712 g/mol. The number of fused-ring (bicyclic) bond motifs is 5. The molecule has 0 bridgehead atoms. The monoisotopic (exact) mass is 711 g/mol. The Morgan fingerprint density at radius 1 is 1.10 bits per heavy atom. The van der Waals surface area contributed by atoms with Crippen molar-refractivity contribution in [2.45, 2.75) is 98.2 Å². The van der Waals surface area contributed by atoms with Gasteiger partial charge in [0.1, 0.15) is 19.0 Å². The second kappa shape index (κ2) is 16.8. The highest BCUT2D eigenvalue weighted by Gasteiger charge is 2.64. The number of allylic oxidation sites excluding steroid dienone is 4. The molecule has 0 heterocycles. The highest BCUT2D eigenvalue weighted by Crippen LogP contribution is 2.67. The predicted molar refractivity (Wildman–Crippen MR) is 182 cm³/mol. The third-order valence-electron chi connectivity index (χ3n) is 11.3. The van der Waals surface area contributed by atoms with E-state index >= 15 is 0 Å². The molecule has 0 radical (unpaired) electrons. The number of benzene rings is 1. The minimum absolute atomic E-state index is 0.00891. The molecule has 5 rings (SSSR count). The zero-order chi connectivity index (χ0) is 37.5. The molecular formula is C38H49NO12. The van der Waals surface area contributed by atoms with Gasteiger partial charge in [-0.25, -0.2) is 0 Å². The van der Waals surface area contributed by atoms with E-state index in [0.717, 1.165) is 37.7 Å². The normalized spacial score (nSPS) is 30.3. The highest BCUT2D eigenvalue weighted by atomic mass is 16.9. The third kappa shape index (κ3) is 9.29. The van der Waals surface area contributed by atoms with Gasteiger partial charge in [-0.3, -0.25) is 24.0 Å². The van der Waals surface area contributed by atoms with Crippen molar-refractivity contribution in [2.75, 3.05) is 6.61 Å². The molecule has 13 nitrogen and oxygen atoms in total. The van der Waals surface area contributed by atoms with Crippen LogP contribution >= 0.6 is 0 Å². The fourth-order valence-electron chi connectivity index (χ4n) is 9.23. The van der Waals surface area contributed by atoms with Crippen LogP contribution in [0.1, 0.15) is 91.0 Å². The second-order valence-electron chi connectivity index (χ2n) is 14.7. The smallest absolute Gasteiger partial charge is 0.311 e. The number of hydrogen-bond acceptors (Lipinski definition) is 11. The molecule has 1 aromatic rings. The van der Waals surface area contributed by atoms with Crippen molar-refractivity contribution in [3.8, 4) is 5.75 Å². The van der Waals surface area contributed by atoms with E-state index in [1.54, 1.807) is 24.3 Å². The Labute approximate surface area is 297 Å². The fraction of sp³-hybridized carbons (Fsp3) is 0.605. The molecule has 4 aliphatic carbocycles. The standard InChI is InChI=1S/C33H39NO10.C5H10O2/c1-19-13-25-24-8-7-21-15-22(35)11-12-32(21,2)31(24)26(36)16-33(25,3)30(19)27(37)18-42-28(38)9-10-29(39)44-23-6-4-5-20(14-23)17-43-34(40)41;1-2-3-4-5(6)7/h4-6,11-12,14-15,19,24-26,30-31,36H,7-10,13,16-18H2,1-3H3;2-4H2,1H3,(H,6,7). The maximum atomic E-state index is 13.6. The van der Waals surface area contributed by atoms with E-state index < -0.39 is 41.1 Å². The Hall–Kier alpha value is -4.39. The molecule has 0 saturated heterocycles. The summed E-state index contributed by atoms with van der Waals surface area (Å²) in [5.74, 6) is -2.03. The number of aliphatic carboxylic acids is 1. The number of hydrogen-bond donors (Lipinski definition) is 2. The van der Waals surface area contributed by atoms with Crippen LogP contribution in [0.25, 0.3) is 0 Å². The topological polar surface area (TPSA) is 197 Å². The van der Waals surface area contributed by atoms with Crippen LogP contribution in [-0.2, 0) is 40.2 Å². The van der Waals surface area contributed by atoms with Crippen LogP contribution in [-0.4, -0.2) is 57.5 Å². The minimum atomic E-state index is -0.919. The van der Waals surface area contributed by atoms with Crippen molar-refractivity contribution in [1.29, 1.82) is 0 Å². The molecule has 13 heteroatoms. The minimum Gasteiger partial charge on any atom is -0.481 e. The van der Waals surface area contributed by atoms with Gasteiger partial charge in [0, 0.05) is 23.7 Å². The largest absolute Gasteiger partial charge is 0.481 e. The van der Waals surface area contributed by atoms with Gasteiger partial charge in [-0.15, -0.1) is 10.1 Å². The maximum Gasteiger partial charge on any atom is 0.311 e. The molecule has 0 aliphatic heterocycles. The number of Topliss-reactive ketones (excluding diaryl/α,β-unsaturated/α-hetero) is 1. The van der Waals surface area contributed by atoms with Gasteiger partial charge in [0.25, 0.3) is 5.09 Å². The molecule has 51 heavy (non-hydrogen) atoms. The molecule has 1 aromatic carbocycles. The Morgan fingerprint density at radius 3 is 2.49 bits per heavy atom. The van der Waals surface area contributed by atoms with E-state index in [0.29, 0.717) is 18.4 Å². The third-order valence-corrected chi connectivity index (χ3v) is 11.3. The van der Waals surface area contributed by atoms with Crippen LogP contribution in [0.4, 0.5) is 0 Å². The van der Waals surface area contributed by atoms with Crippen LogP contribution in [0, 0.1) is 50.5 Å². The summed E-state index contributed by atoms with van der Waals surface area (Å²) in [6, 6.07) is 6.06. The lowest BCUT2D eigenvalue weighted by atomic mass is 9.46. The van der Waals surface area contributed by atoms with Crippen LogP contribution < -0.4 is 4.74 Å². The first-order valence-electron chi connectivity index (χ1n) is 17.7. The van der Waals surface area contributed by atoms with Gasteiger partial charge >= 0.3 is 17.9 Å². The number of aliphatic hydroxyl groups is 1. The van der Waals surface area contributed by atoms with E-state index in [4.69, 9.17) is 14.6 Å². The number of carbonyl (C=O) groups excluding carboxylic acids is 4. The van der Waals surface area contributed by atoms with Gasteiger partial charge in [0.05, 0.1) is 18.9 Å². The van der Waals surface area contributed by atoms with Gasteiger partial charge in [-0.05, 0) is 85.1 Å². The first kappa shape index (κ1) is 39.4. The summed E-state index contributed by atoms with van der Waals surface area (Å²) >= 11 is 0. The number of rotatable bonds is 13. The Balaban J connectivity index is 0.000000755. The van der Waals surface area contributed by atoms with Crippen LogP contribution in [0.5, 0.6) is 5.75 Å². The Kier molecular flexibility index (Phi) is 12.9. The number of aliphatic hydroxyl groups excluding tert-OH is 1. The number of ketones is 2. The van der Waals surface area contributed by atoms with Crippen molar-refractivity contribution in [2.24, 2.45) is 40.4 Å². The van der Waals surface area contributed by atoms with E-state index in [2.05, 4.69) is 25.6 Å². The number of carbonyl (C=O) groups is 5. The van der Waals surface area contributed by atoms with E-state index in [-0.39, 0.29) is 71.8 Å². The van der Waals surface area contributed by atoms with Crippen LogP contribution in [0.3, 0.4) is 0 Å². The van der Waals surface area contributed by atoms with Crippen molar-refractivity contribution in [3.05, 3.63) is 63.7 Å². The summed E-state index contributed by atoms with van der Waals surface area (Å²) in [4.78, 5) is 74.8. The number of carboxylic acid groups (broad SMARTS) is 1. The fourth-order valence-corrected chi connectivity index (χ4v) is 9.23. The lowest BCUT2D eigenvalue weighted by Gasteiger charge is -2.58. The van der Waals surface area contributed by atoms with Crippen LogP contribution in [0.15, 0.2) is 48.1 Å². The van der Waals surface area contributed by atoms with Gasteiger partial charge in [0.2, 0.25) is 0 Å². The van der Waals surface area contributed by atoms with Gasteiger partial charge in [0.15, 0.2) is 11.6 Å². The Morgan fingerprint density at radius 2 is 1.82 bits per heavy atom. The van der Waals surface area contributed by atoms with Gasteiger partial charge in [-0.1, -0.05) is 57.9 Å². The first-order valence-corrected chi connectivity index (χ1v) is 17.7. The van der Waals surface area contributed by atoms with Crippen molar-refractivity contribution < 1.29 is 53.6 Å². The molecule has 0 spiro atoms. The molecule has 8 atom stereocenters. The maximum absolute atomic E-state index is 13.6. The first-order chi connectivity index (χ1) is 24.1. The summed E-state index contributed by atoms with van der Waals surface area (Å²) in [6.07, 6.45) is 9.17. The summed E-state index contributed by atoms with van der Waals surface area (Å²) in [5.41, 5.74) is 0.690. The van der Waals surface area contributed by atoms with Gasteiger partial charge in [-0.2, -0.15) is 0 Å². The number of carboxylic acids is 1. The lowest BCUT2D eigenvalue weighted by Crippen LogP contribution is -2.56. The lowest BCUT2D eigenvalue weighted by molar-refractivity contribution is -0.763.